The van der Waals surface area contributed by atoms with E-state index in [4.69, 9.17) is 4.74 Å². The molecular formula is C12H24N2O. The summed E-state index contributed by atoms with van der Waals surface area (Å²) in [5.74, 6) is 0.761. The largest absolute Gasteiger partial charge is 0.380 e. The molecule has 0 bridgehead atoms. The van der Waals surface area contributed by atoms with Crippen molar-refractivity contribution in [2.45, 2.75) is 25.7 Å². The molecule has 2 heterocycles. The van der Waals surface area contributed by atoms with Crippen molar-refractivity contribution in [3.8, 4) is 0 Å². The molecule has 3 heteroatoms. The minimum Gasteiger partial charge on any atom is -0.380 e. The summed E-state index contributed by atoms with van der Waals surface area (Å²) in [7, 11) is 0. The second-order valence-corrected chi connectivity index (χ2v) is 4.84. The molecule has 2 aliphatic heterocycles. The first kappa shape index (κ1) is 11.4. The molecule has 0 spiro atoms. The van der Waals surface area contributed by atoms with Crippen LogP contribution < -0.4 is 5.32 Å². The first-order valence-corrected chi connectivity index (χ1v) is 6.46. The fourth-order valence-corrected chi connectivity index (χ4v) is 2.52. The van der Waals surface area contributed by atoms with E-state index >= 15 is 0 Å². The minimum atomic E-state index is 0.761. The molecule has 2 rings (SSSR count). The molecule has 2 saturated heterocycles. The molecule has 88 valence electrons. The molecule has 1 atom stereocenters. The Balaban J connectivity index is 1.47. The molecule has 0 amide bonds. The maximum absolute atomic E-state index is 5.75. The first-order chi connectivity index (χ1) is 7.45. The average Bonchev–Trinajstić information content (AvgIpc) is 2.79. The Morgan fingerprint density at radius 2 is 2.07 bits per heavy atom. The smallest absolute Gasteiger partial charge is 0.0593 e. The molecule has 0 aromatic heterocycles. The van der Waals surface area contributed by atoms with Crippen molar-refractivity contribution >= 4 is 0 Å². The van der Waals surface area contributed by atoms with Crippen molar-refractivity contribution < 1.29 is 4.74 Å². The summed E-state index contributed by atoms with van der Waals surface area (Å²) in [4.78, 5) is 2.51. The lowest BCUT2D eigenvalue weighted by molar-refractivity contribution is 0.0750. The number of rotatable bonds is 5. The zero-order valence-electron chi connectivity index (χ0n) is 9.71. The highest BCUT2D eigenvalue weighted by Gasteiger charge is 2.14. The van der Waals surface area contributed by atoms with Crippen molar-refractivity contribution in [2.24, 2.45) is 5.92 Å². The minimum absolute atomic E-state index is 0.761. The quantitative estimate of drug-likeness (QED) is 0.691. The third kappa shape index (κ3) is 4.09. The Labute approximate surface area is 93.2 Å². The van der Waals surface area contributed by atoms with Crippen molar-refractivity contribution in [1.29, 1.82) is 0 Å². The van der Waals surface area contributed by atoms with Gasteiger partial charge in [0.2, 0.25) is 0 Å². The van der Waals surface area contributed by atoms with Gasteiger partial charge < -0.3 is 15.0 Å². The lowest BCUT2D eigenvalue weighted by Gasteiger charge is -2.23. The molecule has 0 radical (unpaired) electrons. The van der Waals surface area contributed by atoms with E-state index in [2.05, 4.69) is 10.2 Å². The molecule has 0 aromatic rings. The van der Waals surface area contributed by atoms with Gasteiger partial charge >= 0.3 is 0 Å². The first-order valence-electron chi connectivity index (χ1n) is 6.46. The number of ether oxygens (including phenoxy) is 1. The van der Waals surface area contributed by atoms with E-state index in [1.807, 2.05) is 0 Å². The van der Waals surface area contributed by atoms with Crippen molar-refractivity contribution in [1.82, 2.24) is 10.2 Å². The van der Waals surface area contributed by atoms with Gasteiger partial charge in [-0.1, -0.05) is 0 Å². The normalized spacial score (nSPS) is 28.4. The SMILES string of the molecule is C1CNC[C@@H](COCCN2CCCC2)C1. The second-order valence-electron chi connectivity index (χ2n) is 4.84. The second kappa shape index (κ2) is 6.46. The van der Waals surface area contributed by atoms with E-state index in [1.54, 1.807) is 0 Å². The Morgan fingerprint density at radius 3 is 2.80 bits per heavy atom. The fourth-order valence-electron chi connectivity index (χ4n) is 2.52. The monoisotopic (exact) mass is 212 g/mol. The average molecular weight is 212 g/mol. The molecule has 15 heavy (non-hydrogen) atoms. The zero-order valence-corrected chi connectivity index (χ0v) is 9.71. The molecular weight excluding hydrogens is 188 g/mol. The van der Waals surface area contributed by atoms with Crippen LogP contribution in [0.3, 0.4) is 0 Å². The molecule has 1 N–H and O–H groups in total. The van der Waals surface area contributed by atoms with Crippen LogP contribution >= 0.6 is 0 Å². The molecule has 0 saturated carbocycles. The summed E-state index contributed by atoms with van der Waals surface area (Å²) in [6, 6.07) is 0. The van der Waals surface area contributed by atoms with Gasteiger partial charge in [-0.05, 0) is 51.2 Å². The third-order valence-electron chi connectivity index (χ3n) is 3.50. The van der Waals surface area contributed by atoms with Crippen molar-refractivity contribution in [3.05, 3.63) is 0 Å². The standard InChI is InChI=1S/C12H24N2O/c1-2-7-14(6-1)8-9-15-11-12-4-3-5-13-10-12/h12-13H,1-11H2/t12-/m0/s1. The molecule has 2 aliphatic rings. The van der Waals surface area contributed by atoms with Gasteiger partial charge in [0.25, 0.3) is 0 Å². The Bertz CT molecular complexity index is 163. The summed E-state index contributed by atoms with van der Waals surface area (Å²) in [6.45, 7) is 7.95. The van der Waals surface area contributed by atoms with Crippen LogP contribution in [0.5, 0.6) is 0 Å². The van der Waals surface area contributed by atoms with Crippen LogP contribution in [0.2, 0.25) is 0 Å². The predicted octanol–water partition coefficient (Wildman–Crippen LogP) is 1.10. The highest BCUT2D eigenvalue weighted by Crippen LogP contribution is 2.10. The number of hydrogen-bond donors (Lipinski definition) is 1. The highest BCUT2D eigenvalue weighted by molar-refractivity contribution is 4.69. The van der Waals surface area contributed by atoms with Gasteiger partial charge in [0.05, 0.1) is 13.2 Å². The lowest BCUT2D eigenvalue weighted by atomic mass is 10.0. The van der Waals surface area contributed by atoms with Gasteiger partial charge in [-0.15, -0.1) is 0 Å². The van der Waals surface area contributed by atoms with E-state index in [0.29, 0.717) is 0 Å². The summed E-state index contributed by atoms with van der Waals surface area (Å²) >= 11 is 0. The van der Waals surface area contributed by atoms with Crippen molar-refractivity contribution in [2.75, 3.05) is 45.9 Å². The van der Waals surface area contributed by atoms with Gasteiger partial charge in [-0.3, -0.25) is 0 Å². The van der Waals surface area contributed by atoms with E-state index in [-0.39, 0.29) is 0 Å². The number of piperidine rings is 1. The summed E-state index contributed by atoms with van der Waals surface area (Å²) in [5, 5.41) is 3.43. The van der Waals surface area contributed by atoms with E-state index in [1.165, 1.54) is 45.3 Å². The molecule has 3 nitrogen and oxygen atoms in total. The number of hydrogen-bond acceptors (Lipinski definition) is 3. The van der Waals surface area contributed by atoms with Gasteiger partial charge in [0.15, 0.2) is 0 Å². The highest BCUT2D eigenvalue weighted by atomic mass is 16.5. The summed E-state index contributed by atoms with van der Waals surface area (Å²) in [6.07, 6.45) is 5.43. The Hall–Kier alpha value is -0.120. The van der Waals surface area contributed by atoms with Crippen LogP contribution in [0.1, 0.15) is 25.7 Å². The van der Waals surface area contributed by atoms with Gasteiger partial charge in [-0.25, -0.2) is 0 Å². The van der Waals surface area contributed by atoms with Gasteiger partial charge in [-0.2, -0.15) is 0 Å². The predicted molar refractivity (Wildman–Crippen MR) is 62.1 cm³/mol. The lowest BCUT2D eigenvalue weighted by Crippen LogP contribution is -2.33. The zero-order chi connectivity index (χ0) is 10.3. The Morgan fingerprint density at radius 1 is 1.20 bits per heavy atom. The van der Waals surface area contributed by atoms with Crippen LogP contribution in [0.15, 0.2) is 0 Å². The number of likely N-dealkylation sites (tertiary alicyclic amines) is 1. The van der Waals surface area contributed by atoms with Gasteiger partial charge in [0, 0.05) is 13.1 Å². The van der Waals surface area contributed by atoms with Crippen LogP contribution in [0.4, 0.5) is 0 Å². The van der Waals surface area contributed by atoms with E-state index < -0.39 is 0 Å². The number of nitrogens with zero attached hydrogens (tertiary/aromatic N) is 1. The van der Waals surface area contributed by atoms with E-state index in [9.17, 15) is 0 Å². The number of nitrogens with one attached hydrogen (secondary N) is 1. The van der Waals surface area contributed by atoms with Gasteiger partial charge in [0.1, 0.15) is 0 Å². The van der Waals surface area contributed by atoms with Crippen molar-refractivity contribution in [3.63, 3.8) is 0 Å². The van der Waals surface area contributed by atoms with E-state index in [0.717, 1.165) is 32.2 Å². The van der Waals surface area contributed by atoms with Crippen LogP contribution in [0, 0.1) is 5.92 Å². The molecule has 2 fully saturated rings. The maximum atomic E-state index is 5.75. The topological polar surface area (TPSA) is 24.5 Å². The summed E-state index contributed by atoms with van der Waals surface area (Å²) < 4.78 is 5.75. The fraction of sp³-hybridized carbons (Fsp3) is 1.00. The molecule has 0 aromatic carbocycles. The molecule has 0 unspecified atom stereocenters. The Kier molecular flexibility index (Phi) is 4.90. The third-order valence-corrected chi connectivity index (χ3v) is 3.50. The summed E-state index contributed by atoms with van der Waals surface area (Å²) in [5.41, 5.74) is 0. The van der Waals surface area contributed by atoms with Crippen LogP contribution in [0.25, 0.3) is 0 Å². The van der Waals surface area contributed by atoms with Crippen LogP contribution in [-0.2, 0) is 4.74 Å². The molecule has 0 aliphatic carbocycles. The maximum Gasteiger partial charge on any atom is 0.0593 e. The van der Waals surface area contributed by atoms with Crippen LogP contribution in [-0.4, -0.2) is 50.8 Å².